The van der Waals surface area contributed by atoms with Crippen molar-refractivity contribution in [1.82, 2.24) is 0 Å². The van der Waals surface area contributed by atoms with E-state index in [9.17, 15) is 9.59 Å². The summed E-state index contributed by atoms with van der Waals surface area (Å²) in [5, 5.41) is 2.77. The second-order valence-electron chi connectivity index (χ2n) is 7.08. The van der Waals surface area contributed by atoms with Crippen molar-refractivity contribution in [2.45, 2.75) is 25.7 Å². The maximum atomic E-state index is 12.0. The van der Waals surface area contributed by atoms with Crippen LogP contribution in [0.1, 0.15) is 29.5 Å². The van der Waals surface area contributed by atoms with E-state index in [1.165, 1.54) is 17.2 Å². The average molecular weight is 393 g/mol. The van der Waals surface area contributed by atoms with Gasteiger partial charge in [-0.3, -0.25) is 4.79 Å². The highest BCUT2D eigenvalue weighted by molar-refractivity contribution is 5.94. The molecule has 6 heteroatoms. The van der Waals surface area contributed by atoms with Gasteiger partial charge in [-0.25, -0.2) is 4.79 Å². The van der Waals surface area contributed by atoms with Crippen LogP contribution in [0.4, 0.5) is 5.69 Å². The van der Waals surface area contributed by atoms with Crippen molar-refractivity contribution in [2.24, 2.45) is 0 Å². The number of carbonyl (C=O) groups excluding carboxylic acids is 2. The first-order valence-electron chi connectivity index (χ1n) is 9.83. The molecule has 29 heavy (non-hydrogen) atoms. The Morgan fingerprint density at radius 2 is 1.79 bits per heavy atom. The fourth-order valence-corrected chi connectivity index (χ4v) is 3.48. The number of ether oxygens (including phenoxy) is 3. The third-order valence-electron chi connectivity index (χ3n) is 4.91. The maximum Gasteiger partial charge on any atom is 0.331 e. The van der Waals surface area contributed by atoms with E-state index >= 15 is 0 Å². The highest BCUT2D eigenvalue weighted by Gasteiger charge is 2.13. The molecule has 0 atom stereocenters. The number of amides is 1. The molecule has 2 aliphatic rings. The van der Waals surface area contributed by atoms with Crippen molar-refractivity contribution in [2.75, 3.05) is 25.1 Å². The molecule has 1 N–H and O–H groups in total. The third-order valence-corrected chi connectivity index (χ3v) is 4.91. The fourth-order valence-electron chi connectivity index (χ4n) is 3.48. The zero-order valence-electron chi connectivity index (χ0n) is 16.1. The normalized spacial score (nSPS) is 14.9. The van der Waals surface area contributed by atoms with Crippen LogP contribution >= 0.6 is 0 Å². The molecule has 1 heterocycles. The maximum absolute atomic E-state index is 12.0. The Morgan fingerprint density at radius 1 is 0.966 bits per heavy atom. The van der Waals surface area contributed by atoms with Crippen LogP contribution in [0.5, 0.6) is 11.5 Å². The number of fused-ring (bicyclic) bond motifs is 2. The summed E-state index contributed by atoms with van der Waals surface area (Å²) in [6, 6.07) is 11.4. The van der Waals surface area contributed by atoms with Crippen molar-refractivity contribution in [3.8, 4) is 11.5 Å². The van der Waals surface area contributed by atoms with Crippen LogP contribution in [0.25, 0.3) is 6.08 Å². The van der Waals surface area contributed by atoms with Gasteiger partial charge in [0.15, 0.2) is 18.1 Å². The molecular weight excluding hydrogens is 370 g/mol. The Balaban J connectivity index is 1.27. The summed E-state index contributed by atoms with van der Waals surface area (Å²) in [6.45, 7) is 0.894. The van der Waals surface area contributed by atoms with Crippen LogP contribution in [0, 0.1) is 0 Å². The Bertz CT molecular complexity index is 950. The zero-order chi connectivity index (χ0) is 20.1. The Morgan fingerprint density at radius 3 is 2.69 bits per heavy atom. The molecule has 0 radical (unpaired) electrons. The number of anilines is 1. The van der Waals surface area contributed by atoms with Crippen LogP contribution in [0.2, 0.25) is 0 Å². The van der Waals surface area contributed by atoms with Crippen LogP contribution in [0.15, 0.2) is 42.5 Å². The summed E-state index contributed by atoms with van der Waals surface area (Å²) in [4.78, 5) is 24.0. The molecule has 6 nitrogen and oxygen atoms in total. The molecule has 0 unspecified atom stereocenters. The summed E-state index contributed by atoms with van der Waals surface area (Å²) >= 11 is 0. The number of nitrogens with one attached hydrogen (secondary N) is 1. The third kappa shape index (κ3) is 4.96. The van der Waals surface area contributed by atoms with E-state index in [0.29, 0.717) is 24.7 Å². The first kappa shape index (κ1) is 19.1. The molecule has 0 saturated heterocycles. The van der Waals surface area contributed by atoms with Gasteiger partial charge in [0.2, 0.25) is 0 Å². The lowest BCUT2D eigenvalue weighted by Crippen LogP contribution is -2.20. The molecule has 2 aromatic rings. The number of hydrogen-bond donors (Lipinski definition) is 1. The molecule has 0 bridgehead atoms. The van der Waals surface area contributed by atoms with Crippen LogP contribution in [-0.4, -0.2) is 31.7 Å². The summed E-state index contributed by atoms with van der Waals surface area (Å²) in [5.74, 6) is 0.415. The summed E-state index contributed by atoms with van der Waals surface area (Å²) in [7, 11) is 0. The van der Waals surface area contributed by atoms with E-state index < -0.39 is 5.97 Å². The van der Waals surface area contributed by atoms with Crippen molar-refractivity contribution in [1.29, 1.82) is 0 Å². The van der Waals surface area contributed by atoms with Crippen molar-refractivity contribution in [3.05, 3.63) is 59.2 Å². The number of hydrogen-bond acceptors (Lipinski definition) is 5. The summed E-state index contributed by atoms with van der Waals surface area (Å²) < 4.78 is 16.2. The van der Waals surface area contributed by atoms with Gasteiger partial charge >= 0.3 is 5.97 Å². The van der Waals surface area contributed by atoms with Gasteiger partial charge in [-0.15, -0.1) is 0 Å². The molecule has 1 aliphatic heterocycles. The fraction of sp³-hybridized carbons (Fsp3) is 0.304. The van der Waals surface area contributed by atoms with Gasteiger partial charge in [-0.2, -0.15) is 0 Å². The SMILES string of the molecule is O=C(COC(=O)/C=C/c1ccc2c(c1)OCCCO2)Nc1ccc2c(c1)CCC2. The summed E-state index contributed by atoms with van der Waals surface area (Å²) in [6.07, 6.45) is 7.03. The molecule has 4 rings (SSSR count). The number of carbonyl (C=O) groups is 2. The minimum Gasteiger partial charge on any atom is -0.490 e. The minimum absolute atomic E-state index is 0.332. The number of rotatable bonds is 5. The van der Waals surface area contributed by atoms with E-state index in [-0.39, 0.29) is 12.5 Å². The summed E-state index contributed by atoms with van der Waals surface area (Å²) in [5.41, 5.74) is 4.13. The lowest BCUT2D eigenvalue weighted by molar-refractivity contribution is -0.142. The monoisotopic (exact) mass is 393 g/mol. The Labute approximate surface area is 169 Å². The van der Waals surface area contributed by atoms with E-state index in [0.717, 1.165) is 36.9 Å². The molecule has 0 aromatic heterocycles. The lowest BCUT2D eigenvalue weighted by atomic mass is 10.1. The largest absolute Gasteiger partial charge is 0.490 e. The van der Waals surface area contributed by atoms with Crippen molar-refractivity contribution >= 4 is 23.6 Å². The zero-order valence-corrected chi connectivity index (χ0v) is 16.1. The quantitative estimate of drug-likeness (QED) is 0.621. The first-order chi connectivity index (χ1) is 14.2. The van der Waals surface area contributed by atoms with Gasteiger partial charge in [0.05, 0.1) is 13.2 Å². The van der Waals surface area contributed by atoms with Gasteiger partial charge in [0.1, 0.15) is 0 Å². The van der Waals surface area contributed by atoms with Gasteiger partial charge in [0.25, 0.3) is 5.91 Å². The van der Waals surface area contributed by atoms with Gasteiger partial charge in [-0.05, 0) is 66.3 Å². The molecule has 0 spiro atoms. The minimum atomic E-state index is -0.582. The molecule has 0 saturated carbocycles. The standard InChI is InChI=1S/C23H23NO5/c25-22(24-19-8-7-17-3-1-4-18(17)14-19)15-29-23(26)10-6-16-5-9-20-21(13-16)28-12-2-11-27-20/h5-10,13-14H,1-4,11-12,15H2,(H,24,25)/b10-6+. The second kappa shape index (κ2) is 8.82. The number of esters is 1. The van der Waals surface area contributed by atoms with Crippen LogP contribution < -0.4 is 14.8 Å². The number of aryl methyl sites for hydroxylation is 2. The molecule has 1 aliphatic carbocycles. The lowest BCUT2D eigenvalue weighted by Gasteiger charge is -2.08. The predicted octanol–water partition coefficient (Wildman–Crippen LogP) is 3.53. The predicted molar refractivity (Wildman–Crippen MR) is 109 cm³/mol. The van der Waals surface area contributed by atoms with E-state index in [4.69, 9.17) is 14.2 Å². The van der Waals surface area contributed by atoms with Gasteiger partial charge in [0, 0.05) is 18.2 Å². The topological polar surface area (TPSA) is 73.9 Å². The van der Waals surface area contributed by atoms with E-state index in [1.807, 2.05) is 36.4 Å². The Kier molecular flexibility index (Phi) is 5.79. The van der Waals surface area contributed by atoms with Crippen molar-refractivity contribution in [3.63, 3.8) is 0 Å². The van der Waals surface area contributed by atoms with Gasteiger partial charge in [-0.1, -0.05) is 12.1 Å². The Hall–Kier alpha value is -3.28. The number of benzene rings is 2. The first-order valence-corrected chi connectivity index (χ1v) is 9.83. The van der Waals surface area contributed by atoms with E-state index in [1.54, 1.807) is 6.08 Å². The highest BCUT2D eigenvalue weighted by atomic mass is 16.5. The van der Waals surface area contributed by atoms with Crippen LogP contribution in [0.3, 0.4) is 0 Å². The molecule has 2 aromatic carbocycles. The van der Waals surface area contributed by atoms with E-state index in [2.05, 4.69) is 5.32 Å². The van der Waals surface area contributed by atoms with Crippen LogP contribution in [-0.2, 0) is 27.2 Å². The smallest absolute Gasteiger partial charge is 0.331 e. The van der Waals surface area contributed by atoms with Gasteiger partial charge < -0.3 is 19.5 Å². The second-order valence-corrected chi connectivity index (χ2v) is 7.08. The molecule has 150 valence electrons. The molecular formula is C23H23NO5. The van der Waals surface area contributed by atoms with Crippen molar-refractivity contribution < 1.29 is 23.8 Å². The molecule has 0 fully saturated rings. The molecule has 1 amide bonds. The highest BCUT2D eigenvalue weighted by Crippen LogP contribution is 2.30. The average Bonchev–Trinajstić information content (AvgIpc) is 3.06.